The van der Waals surface area contributed by atoms with E-state index in [9.17, 15) is 18.0 Å². The first kappa shape index (κ1) is 21.6. The highest BCUT2D eigenvalue weighted by Crippen LogP contribution is 2.27. The molecule has 156 valence electrons. The number of rotatable bonds is 6. The first-order chi connectivity index (χ1) is 13.7. The molecule has 1 aromatic heterocycles. The average Bonchev–Trinajstić information content (AvgIpc) is 3.17. The zero-order valence-electron chi connectivity index (χ0n) is 16.7. The van der Waals surface area contributed by atoms with E-state index in [1.165, 1.54) is 34.7 Å². The number of thiazole rings is 1. The van der Waals surface area contributed by atoms with Gasteiger partial charge < -0.3 is 5.32 Å². The molecule has 1 saturated heterocycles. The Morgan fingerprint density at radius 1 is 1.24 bits per heavy atom. The van der Waals surface area contributed by atoms with E-state index in [4.69, 9.17) is 0 Å². The molecule has 9 heteroatoms. The fourth-order valence-electron chi connectivity index (χ4n) is 3.20. The van der Waals surface area contributed by atoms with Gasteiger partial charge in [-0.15, -0.1) is 11.3 Å². The van der Waals surface area contributed by atoms with Crippen LogP contribution in [-0.2, 0) is 14.8 Å². The number of anilines is 1. The third kappa shape index (κ3) is 4.91. The van der Waals surface area contributed by atoms with Gasteiger partial charge in [-0.2, -0.15) is 4.31 Å². The second kappa shape index (κ2) is 8.73. The van der Waals surface area contributed by atoms with Crippen molar-refractivity contribution in [3.05, 3.63) is 40.9 Å². The Hall–Kier alpha value is -2.10. The lowest BCUT2D eigenvalue weighted by atomic mass is 9.97. The number of sulfonamides is 1. The lowest BCUT2D eigenvalue weighted by Crippen LogP contribution is -2.41. The highest BCUT2D eigenvalue weighted by Gasteiger charge is 2.32. The van der Waals surface area contributed by atoms with Crippen LogP contribution in [0.1, 0.15) is 55.6 Å². The minimum absolute atomic E-state index is 0.108. The quantitative estimate of drug-likeness (QED) is 0.701. The molecule has 3 rings (SSSR count). The van der Waals surface area contributed by atoms with Crippen LogP contribution < -0.4 is 5.32 Å². The molecule has 0 unspecified atom stereocenters. The van der Waals surface area contributed by atoms with Gasteiger partial charge in [0.2, 0.25) is 15.9 Å². The maximum Gasteiger partial charge on any atom is 0.243 e. The zero-order valence-corrected chi connectivity index (χ0v) is 18.3. The Balaban J connectivity index is 1.62. The zero-order chi connectivity index (χ0) is 21.2. The van der Waals surface area contributed by atoms with E-state index in [2.05, 4.69) is 10.3 Å². The summed E-state index contributed by atoms with van der Waals surface area (Å²) >= 11 is 1.40. The van der Waals surface area contributed by atoms with E-state index in [1.807, 2.05) is 19.2 Å². The number of benzene rings is 1. The monoisotopic (exact) mass is 435 g/mol. The third-order valence-corrected chi connectivity index (χ3v) is 7.72. The molecule has 29 heavy (non-hydrogen) atoms. The molecule has 2 heterocycles. The van der Waals surface area contributed by atoms with Gasteiger partial charge in [-0.25, -0.2) is 13.4 Å². The van der Waals surface area contributed by atoms with Crippen LogP contribution in [-0.4, -0.2) is 42.5 Å². The van der Waals surface area contributed by atoms with Crippen molar-refractivity contribution in [3.8, 4) is 0 Å². The van der Waals surface area contributed by atoms with Crippen molar-refractivity contribution in [1.82, 2.24) is 9.29 Å². The van der Waals surface area contributed by atoms with Crippen LogP contribution in [0, 0.1) is 5.92 Å². The van der Waals surface area contributed by atoms with Gasteiger partial charge in [0, 0.05) is 30.0 Å². The molecule has 1 aliphatic heterocycles. The average molecular weight is 436 g/mol. The largest absolute Gasteiger partial charge is 0.302 e. The predicted molar refractivity (Wildman–Crippen MR) is 113 cm³/mol. The lowest BCUT2D eigenvalue weighted by Gasteiger charge is -2.30. The summed E-state index contributed by atoms with van der Waals surface area (Å²) in [5.41, 5.74) is 1.31. The number of nitrogens with one attached hydrogen (secondary N) is 1. The maximum atomic E-state index is 12.9. The molecule has 0 spiro atoms. The summed E-state index contributed by atoms with van der Waals surface area (Å²) in [7, 11) is -3.69. The summed E-state index contributed by atoms with van der Waals surface area (Å²) in [5, 5.41) is 5.37. The highest BCUT2D eigenvalue weighted by atomic mass is 32.2. The number of piperidine rings is 1. The maximum absolute atomic E-state index is 12.9. The molecule has 7 nitrogen and oxygen atoms in total. The second-order valence-corrected chi connectivity index (χ2v) is 10.3. The van der Waals surface area contributed by atoms with E-state index in [0.29, 0.717) is 29.5 Å². The summed E-state index contributed by atoms with van der Waals surface area (Å²) in [6, 6.07) is 6.07. The van der Waals surface area contributed by atoms with E-state index in [-0.39, 0.29) is 35.6 Å². The van der Waals surface area contributed by atoms with Crippen LogP contribution in [0.5, 0.6) is 0 Å². The molecule has 0 bridgehead atoms. The fraction of sp³-hybridized carbons (Fsp3) is 0.450. The third-order valence-electron chi connectivity index (χ3n) is 5.05. The molecule has 0 radical (unpaired) electrons. The Bertz CT molecular complexity index is 1010. The number of Topliss-reactive ketones (excluding diaryl/α,β-unsaturated/α-hetero) is 1. The molecule has 1 fully saturated rings. The summed E-state index contributed by atoms with van der Waals surface area (Å²) in [4.78, 5) is 28.6. The molecule has 0 aliphatic carbocycles. The second-order valence-electron chi connectivity index (χ2n) is 7.48. The van der Waals surface area contributed by atoms with Crippen LogP contribution in [0.15, 0.2) is 34.5 Å². The molecular formula is C20H25N3O4S2. The van der Waals surface area contributed by atoms with Crippen molar-refractivity contribution in [2.75, 3.05) is 18.4 Å². The first-order valence-electron chi connectivity index (χ1n) is 9.56. The number of carbonyl (C=O) groups excluding carboxylic acids is 2. The van der Waals surface area contributed by atoms with E-state index in [0.717, 1.165) is 5.69 Å². The van der Waals surface area contributed by atoms with E-state index < -0.39 is 10.0 Å². The molecular weight excluding hydrogens is 410 g/mol. The van der Waals surface area contributed by atoms with Gasteiger partial charge in [-0.05, 0) is 37.8 Å². The summed E-state index contributed by atoms with van der Waals surface area (Å²) in [6.07, 6.45) is 0.889. The van der Waals surface area contributed by atoms with Crippen molar-refractivity contribution in [1.29, 1.82) is 0 Å². The molecule has 1 aromatic carbocycles. The number of carbonyl (C=O) groups is 2. The Morgan fingerprint density at radius 2 is 1.93 bits per heavy atom. The van der Waals surface area contributed by atoms with Gasteiger partial charge in [0.15, 0.2) is 10.9 Å². The standard InChI is InChI=1S/C20H25N3O4S2/c1-13(2)18-12-28-20(21-18)22-19(25)15-7-9-23(10-8-15)29(26,27)17-6-4-5-16(11-17)14(3)24/h4-6,11-13,15H,7-10H2,1-3H3,(H,21,22,25). The van der Waals surface area contributed by atoms with Gasteiger partial charge >= 0.3 is 0 Å². The number of amides is 1. The first-order valence-corrected chi connectivity index (χ1v) is 11.9. The number of hydrogen-bond donors (Lipinski definition) is 1. The smallest absolute Gasteiger partial charge is 0.243 e. The van der Waals surface area contributed by atoms with Crippen LogP contribution >= 0.6 is 11.3 Å². The fourth-order valence-corrected chi connectivity index (χ4v) is 5.59. The number of ketones is 1. The normalized spacial score (nSPS) is 16.1. The Labute approximate surface area is 175 Å². The van der Waals surface area contributed by atoms with Gasteiger partial charge in [-0.1, -0.05) is 26.0 Å². The van der Waals surface area contributed by atoms with Crippen molar-refractivity contribution < 1.29 is 18.0 Å². The van der Waals surface area contributed by atoms with Gasteiger partial charge in [0.1, 0.15) is 0 Å². The number of nitrogens with zero attached hydrogens (tertiary/aromatic N) is 2. The minimum Gasteiger partial charge on any atom is -0.302 e. The Morgan fingerprint density at radius 3 is 2.52 bits per heavy atom. The molecule has 0 saturated carbocycles. The van der Waals surface area contributed by atoms with Crippen molar-refractivity contribution in [2.45, 2.75) is 44.4 Å². The van der Waals surface area contributed by atoms with Crippen LogP contribution in [0.3, 0.4) is 0 Å². The van der Waals surface area contributed by atoms with Crippen molar-refractivity contribution in [3.63, 3.8) is 0 Å². The van der Waals surface area contributed by atoms with Crippen LogP contribution in [0.25, 0.3) is 0 Å². The Kier molecular flexibility index (Phi) is 6.50. The van der Waals surface area contributed by atoms with E-state index in [1.54, 1.807) is 12.1 Å². The minimum atomic E-state index is -3.69. The molecule has 1 aliphatic rings. The summed E-state index contributed by atoms with van der Waals surface area (Å²) in [6.45, 7) is 6.02. The van der Waals surface area contributed by atoms with Crippen molar-refractivity contribution in [2.24, 2.45) is 5.92 Å². The molecule has 1 N–H and O–H groups in total. The van der Waals surface area contributed by atoms with E-state index >= 15 is 0 Å². The number of aromatic nitrogens is 1. The summed E-state index contributed by atoms with van der Waals surface area (Å²) in [5.74, 6) is -0.256. The topological polar surface area (TPSA) is 96.4 Å². The molecule has 0 atom stereocenters. The molecule has 2 aromatic rings. The van der Waals surface area contributed by atoms with Gasteiger partial charge in [0.25, 0.3) is 0 Å². The van der Waals surface area contributed by atoms with Crippen LogP contribution in [0.2, 0.25) is 0 Å². The van der Waals surface area contributed by atoms with Gasteiger partial charge in [0.05, 0.1) is 10.6 Å². The van der Waals surface area contributed by atoms with Crippen molar-refractivity contribution >= 4 is 38.2 Å². The van der Waals surface area contributed by atoms with Crippen LogP contribution in [0.4, 0.5) is 5.13 Å². The predicted octanol–water partition coefficient (Wildman–Crippen LogP) is 3.51. The lowest BCUT2D eigenvalue weighted by molar-refractivity contribution is -0.120. The van der Waals surface area contributed by atoms with Gasteiger partial charge in [-0.3, -0.25) is 9.59 Å². The molecule has 1 amide bonds. The number of hydrogen-bond acceptors (Lipinski definition) is 6. The highest BCUT2D eigenvalue weighted by molar-refractivity contribution is 7.89. The SMILES string of the molecule is CC(=O)c1cccc(S(=O)(=O)N2CCC(C(=O)Nc3nc(C(C)C)cs3)CC2)c1. The summed E-state index contributed by atoms with van der Waals surface area (Å²) < 4.78 is 27.2.